The smallest absolute Gasteiger partial charge is 0.249 e. The monoisotopic (exact) mass is 350 g/mol. The van der Waals surface area contributed by atoms with Crippen LogP contribution in [0.2, 0.25) is 0 Å². The van der Waals surface area contributed by atoms with E-state index in [0.717, 1.165) is 16.9 Å². The first-order valence-electron chi connectivity index (χ1n) is 8.41. The van der Waals surface area contributed by atoms with Crippen molar-refractivity contribution in [3.63, 3.8) is 0 Å². The van der Waals surface area contributed by atoms with E-state index in [1.165, 1.54) is 0 Å². The molecule has 0 saturated carbocycles. The van der Waals surface area contributed by atoms with Gasteiger partial charge in [-0.05, 0) is 36.2 Å². The average Bonchev–Trinajstić information content (AvgIpc) is 3.30. The van der Waals surface area contributed by atoms with E-state index in [1.807, 2.05) is 36.4 Å². The molecule has 1 aliphatic rings. The number of methoxy groups -OCH3 is 1. The molecule has 1 fully saturated rings. The van der Waals surface area contributed by atoms with Gasteiger partial charge >= 0.3 is 0 Å². The number of nitrogens with zero attached hydrogens (tertiary/aromatic N) is 4. The van der Waals surface area contributed by atoms with Crippen molar-refractivity contribution < 1.29 is 14.1 Å². The number of rotatable bonds is 5. The minimum absolute atomic E-state index is 0.0847. The topological polar surface area (TPSA) is 81.4 Å². The van der Waals surface area contributed by atoms with Gasteiger partial charge in [0, 0.05) is 30.9 Å². The molecule has 3 aromatic rings. The lowest BCUT2D eigenvalue weighted by Gasteiger charge is -2.22. The maximum absolute atomic E-state index is 12.4. The number of hydrogen-bond donors (Lipinski definition) is 0. The molecule has 132 valence electrons. The van der Waals surface area contributed by atoms with Crippen molar-refractivity contribution in [1.82, 2.24) is 20.0 Å². The molecule has 0 radical (unpaired) electrons. The molecule has 0 spiro atoms. The SMILES string of the molecule is COc1cccc(CN2C(=O)CCC2c2nc(-c3ccncc3)no2)c1. The van der Waals surface area contributed by atoms with E-state index in [9.17, 15) is 4.79 Å². The quantitative estimate of drug-likeness (QED) is 0.703. The fourth-order valence-electron chi connectivity index (χ4n) is 3.14. The van der Waals surface area contributed by atoms with Gasteiger partial charge in [-0.2, -0.15) is 4.98 Å². The molecule has 3 heterocycles. The molecule has 7 nitrogen and oxygen atoms in total. The Balaban J connectivity index is 1.57. The van der Waals surface area contributed by atoms with Gasteiger partial charge in [-0.3, -0.25) is 9.78 Å². The van der Waals surface area contributed by atoms with Crippen molar-refractivity contribution in [3.8, 4) is 17.1 Å². The summed E-state index contributed by atoms with van der Waals surface area (Å²) in [6.07, 6.45) is 4.50. The number of amides is 1. The van der Waals surface area contributed by atoms with Crippen LogP contribution in [0.15, 0.2) is 53.3 Å². The van der Waals surface area contributed by atoms with E-state index < -0.39 is 0 Å². The molecule has 0 bridgehead atoms. The van der Waals surface area contributed by atoms with Crippen LogP contribution in [0.4, 0.5) is 0 Å². The zero-order chi connectivity index (χ0) is 17.9. The molecule has 1 saturated heterocycles. The van der Waals surface area contributed by atoms with Crippen LogP contribution < -0.4 is 4.74 Å². The lowest BCUT2D eigenvalue weighted by molar-refractivity contribution is -0.130. The van der Waals surface area contributed by atoms with E-state index in [-0.39, 0.29) is 11.9 Å². The van der Waals surface area contributed by atoms with E-state index >= 15 is 0 Å². The van der Waals surface area contributed by atoms with Crippen molar-refractivity contribution in [2.24, 2.45) is 0 Å². The summed E-state index contributed by atoms with van der Waals surface area (Å²) in [6.45, 7) is 0.480. The highest BCUT2D eigenvalue weighted by Gasteiger charge is 2.36. The first-order chi connectivity index (χ1) is 12.7. The number of carbonyl (C=O) groups is 1. The second-order valence-corrected chi connectivity index (χ2v) is 6.12. The van der Waals surface area contributed by atoms with E-state index in [2.05, 4.69) is 15.1 Å². The molecule has 1 aliphatic heterocycles. The lowest BCUT2D eigenvalue weighted by atomic mass is 10.1. The molecular formula is C19H18N4O3. The molecule has 4 rings (SSSR count). The summed E-state index contributed by atoms with van der Waals surface area (Å²) >= 11 is 0. The van der Waals surface area contributed by atoms with Gasteiger partial charge in [-0.25, -0.2) is 0 Å². The fraction of sp³-hybridized carbons (Fsp3) is 0.263. The first-order valence-corrected chi connectivity index (χ1v) is 8.41. The maximum atomic E-state index is 12.4. The summed E-state index contributed by atoms with van der Waals surface area (Å²) in [7, 11) is 1.63. The van der Waals surface area contributed by atoms with Crippen molar-refractivity contribution in [2.75, 3.05) is 7.11 Å². The summed E-state index contributed by atoms with van der Waals surface area (Å²) in [6, 6.07) is 11.1. The molecule has 1 amide bonds. The van der Waals surface area contributed by atoms with Crippen molar-refractivity contribution >= 4 is 5.91 Å². The largest absolute Gasteiger partial charge is 0.497 e. The fourth-order valence-corrected chi connectivity index (χ4v) is 3.14. The molecule has 7 heteroatoms. The standard InChI is InChI=1S/C19H18N4O3/c1-25-15-4-2-3-13(11-15)12-23-16(5-6-17(23)24)19-21-18(22-26-19)14-7-9-20-10-8-14/h2-4,7-11,16H,5-6,12H2,1H3. The van der Waals surface area contributed by atoms with Crippen LogP contribution in [0, 0.1) is 0 Å². The van der Waals surface area contributed by atoms with Gasteiger partial charge in [0.15, 0.2) is 0 Å². The number of hydrogen-bond acceptors (Lipinski definition) is 6. The van der Waals surface area contributed by atoms with Crippen molar-refractivity contribution in [1.29, 1.82) is 0 Å². The zero-order valence-corrected chi connectivity index (χ0v) is 14.3. The predicted molar refractivity (Wildman–Crippen MR) is 93.0 cm³/mol. The van der Waals surface area contributed by atoms with Crippen LogP contribution in [-0.2, 0) is 11.3 Å². The Morgan fingerprint density at radius 2 is 2.12 bits per heavy atom. The van der Waals surface area contributed by atoms with Crippen LogP contribution in [0.25, 0.3) is 11.4 Å². The average molecular weight is 350 g/mol. The molecule has 1 atom stereocenters. The normalized spacial score (nSPS) is 16.9. The minimum Gasteiger partial charge on any atom is -0.497 e. The lowest BCUT2D eigenvalue weighted by Crippen LogP contribution is -2.27. The third-order valence-electron chi connectivity index (χ3n) is 4.48. The number of aromatic nitrogens is 3. The summed E-state index contributed by atoms with van der Waals surface area (Å²) < 4.78 is 10.7. The molecule has 2 aromatic heterocycles. The number of pyridine rings is 1. The molecule has 1 aromatic carbocycles. The molecule has 1 unspecified atom stereocenters. The Morgan fingerprint density at radius 1 is 1.27 bits per heavy atom. The Hall–Kier alpha value is -3.22. The summed E-state index contributed by atoms with van der Waals surface area (Å²) in [5.74, 6) is 1.82. The zero-order valence-electron chi connectivity index (χ0n) is 14.3. The van der Waals surface area contributed by atoms with Gasteiger partial charge in [-0.15, -0.1) is 0 Å². The van der Waals surface area contributed by atoms with Crippen molar-refractivity contribution in [3.05, 3.63) is 60.2 Å². The highest BCUT2D eigenvalue weighted by Crippen LogP contribution is 2.34. The van der Waals surface area contributed by atoms with Gasteiger partial charge in [0.1, 0.15) is 11.8 Å². The summed E-state index contributed by atoms with van der Waals surface area (Å²) in [5.41, 5.74) is 1.83. The van der Waals surface area contributed by atoms with Crippen LogP contribution in [0.3, 0.4) is 0 Å². The summed E-state index contributed by atoms with van der Waals surface area (Å²) in [5, 5.41) is 4.05. The van der Waals surface area contributed by atoms with Crippen LogP contribution in [-0.4, -0.2) is 33.0 Å². The first kappa shape index (κ1) is 16.3. The molecular weight excluding hydrogens is 332 g/mol. The predicted octanol–water partition coefficient (Wildman–Crippen LogP) is 3.00. The number of benzene rings is 1. The third kappa shape index (κ3) is 3.15. The number of likely N-dealkylation sites (tertiary alicyclic amines) is 1. The Labute approximate surface area is 150 Å². The highest BCUT2D eigenvalue weighted by molar-refractivity contribution is 5.78. The summed E-state index contributed by atoms with van der Waals surface area (Å²) in [4.78, 5) is 22.7. The second kappa shape index (κ2) is 6.95. The van der Waals surface area contributed by atoms with Crippen LogP contribution in [0.5, 0.6) is 5.75 Å². The van der Waals surface area contributed by atoms with Gasteiger partial charge in [0.05, 0.1) is 7.11 Å². The van der Waals surface area contributed by atoms with Crippen molar-refractivity contribution in [2.45, 2.75) is 25.4 Å². The maximum Gasteiger partial charge on any atom is 0.249 e. The van der Waals surface area contributed by atoms with Crippen LogP contribution >= 0.6 is 0 Å². The third-order valence-corrected chi connectivity index (χ3v) is 4.48. The van der Waals surface area contributed by atoms with E-state index in [1.54, 1.807) is 24.4 Å². The van der Waals surface area contributed by atoms with Gasteiger partial charge in [-0.1, -0.05) is 17.3 Å². The Kier molecular flexibility index (Phi) is 4.35. The van der Waals surface area contributed by atoms with E-state index in [0.29, 0.717) is 31.1 Å². The number of ether oxygens (including phenoxy) is 1. The molecule has 0 N–H and O–H groups in total. The highest BCUT2D eigenvalue weighted by atomic mass is 16.5. The number of carbonyl (C=O) groups excluding carboxylic acids is 1. The van der Waals surface area contributed by atoms with E-state index in [4.69, 9.17) is 9.26 Å². The molecule has 26 heavy (non-hydrogen) atoms. The Bertz CT molecular complexity index is 910. The minimum atomic E-state index is -0.211. The van der Waals surface area contributed by atoms with Crippen LogP contribution in [0.1, 0.15) is 30.3 Å². The second-order valence-electron chi connectivity index (χ2n) is 6.12. The Morgan fingerprint density at radius 3 is 2.92 bits per heavy atom. The molecule has 0 aliphatic carbocycles. The van der Waals surface area contributed by atoms with Gasteiger partial charge in [0.25, 0.3) is 0 Å². The van der Waals surface area contributed by atoms with Gasteiger partial charge in [0.2, 0.25) is 17.6 Å². The van der Waals surface area contributed by atoms with Gasteiger partial charge < -0.3 is 14.2 Å².